The Morgan fingerprint density at radius 2 is 1.97 bits per heavy atom. The summed E-state index contributed by atoms with van der Waals surface area (Å²) in [5, 5.41) is 8.54. The van der Waals surface area contributed by atoms with Crippen LogP contribution in [0, 0.1) is 5.92 Å². The Balaban J connectivity index is 1.28. The predicted octanol–water partition coefficient (Wildman–Crippen LogP) is 2.56. The molecule has 0 unspecified atom stereocenters. The molecule has 1 fully saturated rings. The molecule has 0 spiro atoms. The molecule has 8 nitrogen and oxygen atoms in total. The minimum Gasteiger partial charge on any atom is -0.345 e. The molecule has 1 aromatic carbocycles. The number of fused-ring (bicyclic) bond motifs is 1. The van der Waals surface area contributed by atoms with E-state index in [1.807, 2.05) is 37.4 Å². The molecule has 1 saturated heterocycles. The lowest BCUT2D eigenvalue weighted by atomic mass is 9.91. The molecule has 0 saturated carbocycles. The second kappa shape index (κ2) is 9.48. The Bertz CT molecular complexity index is 1110. The van der Waals surface area contributed by atoms with Crippen molar-refractivity contribution in [1.29, 1.82) is 0 Å². The third kappa shape index (κ3) is 5.13. The van der Waals surface area contributed by atoms with Crippen molar-refractivity contribution in [2.24, 2.45) is 13.0 Å². The van der Waals surface area contributed by atoms with Crippen molar-refractivity contribution in [3.05, 3.63) is 54.0 Å². The maximum Gasteiger partial charge on any atom is 0.256 e. The van der Waals surface area contributed by atoms with Gasteiger partial charge in [-0.1, -0.05) is 6.07 Å². The van der Waals surface area contributed by atoms with Crippen molar-refractivity contribution in [2.75, 3.05) is 39.0 Å². The quantitative estimate of drug-likeness (QED) is 0.645. The minimum absolute atomic E-state index is 0.00437. The second-order valence-electron chi connectivity index (χ2n) is 8.75. The predicted molar refractivity (Wildman–Crippen MR) is 124 cm³/mol. The van der Waals surface area contributed by atoms with Crippen molar-refractivity contribution >= 4 is 28.4 Å². The van der Waals surface area contributed by atoms with Crippen LogP contribution in [0.1, 0.15) is 28.9 Å². The SMILES string of the molecule is CN(C)C(=O)c1cn(C)nc1CC1CCN(CC(=O)Nc2ccc3ncccc3c2)CC1. The van der Waals surface area contributed by atoms with Crippen LogP contribution in [0.25, 0.3) is 10.9 Å². The summed E-state index contributed by atoms with van der Waals surface area (Å²) in [6.07, 6.45) is 6.34. The number of pyridine rings is 1. The number of piperidine rings is 1. The number of aryl methyl sites for hydroxylation is 1. The number of rotatable bonds is 6. The lowest BCUT2D eigenvalue weighted by molar-refractivity contribution is -0.117. The van der Waals surface area contributed by atoms with Crippen LogP contribution in [-0.4, -0.2) is 70.1 Å². The zero-order valence-electron chi connectivity index (χ0n) is 18.9. The molecule has 8 heteroatoms. The van der Waals surface area contributed by atoms with E-state index in [4.69, 9.17) is 0 Å². The van der Waals surface area contributed by atoms with Gasteiger partial charge < -0.3 is 10.2 Å². The highest BCUT2D eigenvalue weighted by Crippen LogP contribution is 2.23. The average molecular weight is 435 g/mol. The van der Waals surface area contributed by atoms with E-state index in [-0.39, 0.29) is 11.8 Å². The smallest absolute Gasteiger partial charge is 0.256 e. The summed E-state index contributed by atoms with van der Waals surface area (Å²) in [7, 11) is 5.37. The Kier molecular flexibility index (Phi) is 6.50. The Morgan fingerprint density at radius 3 is 2.72 bits per heavy atom. The van der Waals surface area contributed by atoms with Crippen LogP contribution in [0.2, 0.25) is 0 Å². The van der Waals surface area contributed by atoms with Crippen LogP contribution < -0.4 is 5.32 Å². The number of hydrogen-bond acceptors (Lipinski definition) is 5. The fraction of sp³-hybridized carbons (Fsp3) is 0.417. The van der Waals surface area contributed by atoms with Crippen LogP contribution in [0.15, 0.2) is 42.7 Å². The van der Waals surface area contributed by atoms with Gasteiger partial charge in [0.25, 0.3) is 5.91 Å². The Hall–Kier alpha value is -3.26. The summed E-state index contributed by atoms with van der Waals surface area (Å²) in [5.41, 5.74) is 3.26. The van der Waals surface area contributed by atoms with Crippen LogP contribution in [0.4, 0.5) is 5.69 Å². The number of aromatic nitrogens is 3. The first kappa shape index (κ1) is 22.0. The summed E-state index contributed by atoms with van der Waals surface area (Å²) in [4.78, 5) is 33.1. The van der Waals surface area contributed by atoms with E-state index in [2.05, 4.69) is 20.3 Å². The number of carbonyl (C=O) groups excluding carboxylic acids is 2. The molecular weight excluding hydrogens is 404 g/mol. The third-order valence-corrected chi connectivity index (χ3v) is 5.99. The summed E-state index contributed by atoms with van der Waals surface area (Å²) in [6.45, 7) is 2.11. The zero-order chi connectivity index (χ0) is 22.7. The minimum atomic E-state index is -0.00770. The molecule has 1 N–H and O–H groups in total. The molecule has 168 valence electrons. The summed E-state index contributed by atoms with van der Waals surface area (Å²) in [6, 6.07) is 9.64. The molecule has 1 aliphatic heterocycles. The standard InChI is InChI=1S/C24H30N6O2/c1-28(2)24(32)20-15-29(3)27-22(20)13-17-8-11-30(12-9-17)16-23(31)26-19-6-7-21-18(14-19)5-4-10-25-21/h4-7,10,14-15,17H,8-9,11-13,16H2,1-3H3,(H,26,31). The first-order chi connectivity index (χ1) is 15.4. The van der Waals surface area contributed by atoms with Crippen molar-refractivity contribution in [2.45, 2.75) is 19.3 Å². The van der Waals surface area contributed by atoms with Crippen molar-refractivity contribution in [3.63, 3.8) is 0 Å². The van der Waals surface area contributed by atoms with Gasteiger partial charge in [-0.25, -0.2) is 0 Å². The van der Waals surface area contributed by atoms with E-state index >= 15 is 0 Å². The normalized spacial score (nSPS) is 15.1. The van der Waals surface area contributed by atoms with E-state index in [1.165, 1.54) is 0 Å². The van der Waals surface area contributed by atoms with Gasteiger partial charge in [-0.15, -0.1) is 0 Å². The molecule has 3 aromatic rings. The average Bonchev–Trinajstić information content (AvgIpc) is 3.14. The first-order valence-electron chi connectivity index (χ1n) is 11.0. The van der Waals surface area contributed by atoms with Crippen molar-refractivity contribution in [3.8, 4) is 0 Å². The number of anilines is 1. The highest BCUT2D eigenvalue weighted by molar-refractivity contribution is 5.95. The molecule has 2 aromatic heterocycles. The highest BCUT2D eigenvalue weighted by atomic mass is 16.2. The van der Waals surface area contributed by atoms with E-state index in [0.29, 0.717) is 18.0 Å². The number of nitrogens with zero attached hydrogens (tertiary/aromatic N) is 5. The molecule has 0 aliphatic carbocycles. The van der Waals surface area contributed by atoms with Crippen LogP contribution >= 0.6 is 0 Å². The van der Waals surface area contributed by atoms with Gasteiger partial charge in [0.2, 0.25) is 5.91 Å². The lowest BCUT2D eigenvalue weighted by Crippen LogP contribution is -2.39. The fourth-order valence-corrected chi connectivity index (χ4v) is 4.28. The zero-order valence-corrected chi connectivity index (χ0v) is 18.9. The number of nitrogens with one attached hydrogen (secondary N) is 1. The third-order valence-electron chi connectivity index (χ3n) is 5.99. The summed E-state index contributed by atoms with van der Waals surface area (Å²) < 4.78 is 1.72. The maximum absolute atomic E-state index is 12.6. The lowest BCUT2D eigenvalue weighted by Gasteiger charge is -2.31. The summed E-state index contributed by atoms with van der Waals surface area (Å²) in [5.74, 6) is 0.452. The number of likely N-dealkylation sites (tertiary alicyclic amines) is 1. The molecule has 4 rings (SSSR count). The molecule has 0 bridgehead atoms. The molecule has 2 amide bonds. The fourth-order valence-electron chi connectivity index (χ4n) is 4.28. The number of amides is 2. The van der Waals surface area contributed by atoms with Gasteiger partial charge in [0, 0.05) is 44.6 Å². The monoisotopic (exact) mass is 434 g/mol. The molecular formula is C24H30N6O2. The van der Waals surface area contributed by atoms with E-state index in [0.717, 1.165) is 54.6 Å². The van der Waals surface area contributed by atoms with Gasteiger partial charge in [-0.2, -0.15) is 5.10 Å². The van der Waals surface area contributed by atoms with Gasteiger partial charge >= 0.3 is 0 Å². The Morgan fingerprint density at radius 1 is 1.19 bits per heavy atom. The second-order valence-corrected chi connectivity index (χ2v) is 8.75. The molecule has 32 heavy (non-hydrogen) atoms. The van der Waals surface area contributed by atoms with Crippen LogP contribution in [-0.2, 0) is 18.3 Å². The van der Waals surface area contributed by atoms with Crippen molar-refractivity contribution in [1.82, 2.24) is 24.6 Å². The van der Waals surface area contributed by atoms with Crippen LogP contribution in [0.3, 0.4) is 0 Å². The summed E-state index contributed by atoms with van der Waals surface area (Å²) >= 11 is 0. The number of hydrogen-bond donors (Lipinski definition) is 1. The topological polar surface area (TPSA) is 83.4 Å². The molecule has 0 radical (unpaired) electrons. The first-order valence-corrected chi connectivity index (χ1v) is 11.0. The highest BCUT2D eigenvalue weighted by Gasteiger charge is 2.25. The Labute approximate surface area is 188 Å². The largest absolute Gasteiger partial charge is 0.345 e. The van der Waals surface area contributed by atoms with Gasteiger partial charge in [0.15, 0.2) is 0 Å². The maximum atomic E-state index is 12.6. The van der Waals surface area contributed by atoms with Gasteiger partial charge in [0.1, 0.15) is 0 Å². The molecule has 1 aliphatic rings. The van der Waals surface area contributed by atoms with E-state index in [9.17, 15) is 9.59 Å². The van der Waals surface area contributed by atoms with Gasteiger partial charge in [0.05, 0.1) is 23.3 Å². The molecule has 3 heterocycles. The molecule has 0 atom stereocenters. The van der Waals surface area contributed by atoms with E-state index < -0.39 is 0 Å². The van der Waals surface area contributed by atoms with E-state index in [1.54, 1.807) is 36.1 Å². The van der Waals surface area contributed by atoms with Crippen molar-refractivity contribution < 1.29 is 9.59 Å². The van der Waals surface area contributed by atoms with Gasteiger partial charge in [-0.05, 0) is 62.5 Å². The number of benzene rings is 1. The van der Waals surface area contributed by atoms with Gasteiger partial charge in [-0.3, -0.25) is 24.2 Å². The van der Waals surface area contributed by atoms with Crippen LogP contribution in [0.5, 0.6) is 0 Å². The number of carbonyl (C=O) groups is 2.